The van der Waals surface area contributed by atoms with Crippen LogP contribution in [0.1, 0.15) is 57.3 Å². The van der Waals surface area contributed by atoms with Crippen molar-refractivity contribution in [1.82, 2.24) is 40.8 Å². The van der Waals surface area contributed by atoms with Crippen molar-refractivity contribution in [2.75, 3.05) is 33.8 Å². The van der Waals surface area contributed by atoms with E-state index in [0.717, 1.165) is 64.7 Å². The second-order valence-corrected chi connectivity index (χ2v) is 20.0. The molecule has 4 aromatic heterocycles. The Morgan fingerprint density at radius 3 is 1.94 bits per heavy atom. The van der Waals surface area contributed by atoms with Gasteiger partial charge in [-0.2, -0.15) is 0 Å². The van der Waals surface area contributed by atoms with E-state index in [1.54, 1.807) is 7.05 Å². The smallest absolute Gasteiger partial charge is 0.407 e. The largest absolute Gasteiger partial charge is 0.481 e. The summed E-state index contributed by atoms with van der Waals surface area (Å²) in [5.74, 6) is 1.26. The molecule has 0 bridgehead atoms. The Balaban J connectivity index is 0.000000272. The summed E-state index contributed by atoms with van der Waals surface area (Å²) in [6, 6.07) is 33.9. The SMILES string of the molecule is CC(=O)O.CNCC(=O)N1CC=CC1c1nc2ccc(-c3ccc(-c4csc5c(-c6ccc7nc(C8CCCN8)[nH]c7c6)csc45)cc3)cc2[nH]1.COC(=O)NC(I=O)C(C)C.c1ccccc1. The molecule has 6 heterocycles. The number of alkyl carbamates (subject to hydrolysis) is 1. The second kappa shape index (κ2) is 23.7. The minimum absolute atomic E-state index is 0.0619. The minimum Gasteiger partial charge on any atom is -0.481 e. The third-order valence-electron chi connectivity index (χ3n) is 11.2. The number of carbonyl (C=O) groups excluding carboxylic acids is 2. The Kier molecular flexibility index (Phi) is 17.4. The molecular formula is C51H55IN8O6S2. The summed E-state index contributed by atoms with van der Waals surface area (Å²) in [7, 11) is 3.08. The van der Waals surface area contributed by atoms with Crippen LogP contribution in [0.3, 0.4) is 0 Å². The number of carboxylic acids is 1. The maximum atomic E-state index is 12.6. The van der Waals surface area contributed by atoms with E-state index in [1.165, 1.54) is 45.2 Å². The van der Waals surface area contributed by atoms with Crippen molar-refractivity contribution in [3.05, 3.63) is 132 Å². The number of benzene rings is 4. The van der Waals surface area contributed by atoms with Crippen LogP contribution in [0.4, 0.5) is 4.79 Å². The first-order valence-corrected chi connectivity index (χ1v) is 26.1. The van der Waals surface area contributed by atoms with Crippen molar-refractivity contribution in [3.63, 3.8) is 0 Å². The normalized spacial score (nSPS) is 15.6. The quantitative estimate of drug-likeness (QED) is 0.0332. The Morgan fingerprint density at radius 1 is 0.838 bits per heavy atom. The molecule has 0 spiro atoms. The highest BCUT2D eigenvalue weighted by atomic mass is 127. The first-order chi connectivity index (χ1) is 33.0. The number of H-pyrrole nitrogens is 2. The number of amides is 2. The number of aromatic amines is 2. The van der Waals surface area contributed by atoms with Crippen LogP contribution >= 0.6 is 43.9 Å². The van der Waals surface area contributed by atoms with Gasteiger partial charge in [-0.1, -0.05) is 98.8 Å². The van der Waals surface area contributed by atoms with Gasteiger partial charge in [0.15, 0.2) is 21.2 Å². The topological polar surface area (TPSA) is 194 Å². The number of nitrogens with one attached hydrogen (secondary N) is 5. The van der Waals surface area contributed by atoms with Gasteiger partial charge in [0.25, 0.3) is 5.97 Å². The van der Waals surface area contributed by atoms with E-state index in [2.05, 4.69) is 102 Å². The molecule has 2 aliphatic heterocycles. The van der Waals surface area contributed by atoms with E-state index in [9.17, 15) is 12.7 Å². The van der Waals surface area contributed by atoms with E-state index in [4.69, 9.17) is 19.9 Å². The first-order valence-electron chi connectivity index (χ1n) is 22.2. The molecule has 354 valence electrons. The third-order valence-corrected chi connectivity index (χ3v) is 15.6. The summed E-state index contributed by atoms with van der Waals surface area (Å²) in [5, 5.41) is 21.0. The number of hydrogen-bond acceptors (Lipinski definition) is 11. The summed E-state index contributed by atoms with van der Waals surface area (Å²) >= 11 is 2.44. The number of fused-ring (bicyclic) bond motifs is 3. The standard InChI is InChI=1S/C37H33N7OS2.C6H12INO3.C6H6.C2H4O2/c1-38-18-33(45)44-15-3-5-32(44)37-41-28-12-10-23(16-30(28)43-37)21-6-8-22(9-7-21)25-19-46-35-26(20-47-34(25)35)24-11-13-27-31(17-24)42-36(40-27)29-4-2-14-39-29;1-4(2)5(7-10)8-6(9)11-3;1-2-4-6-5-3-1;1-2(3)4/h3,5-13,16-17,19-20,29,32,38-39H,2,4,14-15,18H2,1H3,(H,40,42)(H,41,43);4-5H,1-3H3,(H,8,9);1-6H;1H3,(H,3,4). The van der Waals surface area contributed by atoms with Gasteiger partial charge in [-0.25, -0.2) is 14.8 Å². The van der Waals surface area contributed by atoms with Crippen LogP contribution in [-0.2, 0) is 17.4 Å². The zero-order chi connectivity index (χ0) is 48.2. The van der Waals surface area contributed by atoms with Crippen LogP contribution in [0.15, 0.2) is 120 Å². The number of alkyl halides is 1. The molecule has 2 amide bonds. The molecule has 0 radical (unpaired) electrons. The molecule has 10 rings (SSSR count). The van der Waals surface area contributed by atoms with Crippen LogP contribution in [-0.4, -0.2) is 85.8 Å². The average Bonchev–Trinajstić information content (AvgIpc) is 4.21. The molecule has 6 N–H and O–H groups in total. The van der Waals surface area contributed by atoms with Crippen LogP contribution in [0.2, 0.25) is 0 Å². The van der Waals surface area contributed by atoms with Crippen molar-refractivity contribution in [2.24, 2.45) is 5.92 Å². The number of aromatic nitrogens is 4. The predicted octanol–water partition coefficient (Wildman–Crippen LogP) is 11.2. The maximum absolute atomic E-state index is 12.6. The monoisotopic (exact) mass is 1070 g/mol. The lowest BCUT2D eigenvalue weighted by atomic mass is 10.0. The molecule has 2 aliphatic rings. The molecule has 14 nitrogen and oxygen atoms in total. The van der Waals surface area contributed by atoms with Gasteiger partial charge >= 0.3 is 6.09 Å². The van der Waals surface area contributed by atoms with Crippen LogP contribution in [0, 0.1) is 5.92 Å². The molecular weight excluding hydrogens is 1010 g/mol. The lowest BCUT2D eigenvalue weighted by Gasteiger charge is -2.22. The van der Waals surface area contributed by atoms with Gasteiger partial charge in [0.05, 0.1) is 51.2 Å². The van der Waals surface area contributed by atoms with Gasteiger partial charge in [0.2, 0.25) is 5.91 Å². The van der Waals surface area contributed by atoms with E-state index >= 15 is 0 Å². The number of carboxylic acid groups (broad SMARTS) is 1. The van der Waals surface area contributed by atoms with Gasteiger partial charge in [0, 0.05) is 35.4 Å². The fourth-order valence-corrected chi connectivity index (χ4v) is 11.2. The number of imidazole rings is 2. The molecule has 68 heavy (non-hydrogen) atoms. The van der Waals surface area contributed by atoms with Crippen molar-refractivity contribution < 1.29 is 27.3 Å². The number of rotatable bonds is 10. The number of thiophene rings is 2. The number of hydrogen-bond donors (Lipinski definition) is 6. The van der Waals surface area contributed by atoms with Gasteiger partial charge in [-0.05, 0) is 78.9 Å². The van der Waals surface area contributed by atoms with Crippen molar-refractivity contribution in [3.8, 4) is 33.4 Å². The number of aliphatic carboxylic acids is 1. The number of nitrogens with zero attached hydrogens (tertiary/aromatic N) is 3. The highest BCUT2D eigenvalue weighted by Crippen LogP contribution is 2.45. The highest BCUT2D eigenvalue weighted by Gasteiger charge is 2.28. The summed E-state index contributed by atoms with van der Waals surface area (Å²) in [6.07, 6.45) is 5.89. The molecule has 0 aliphatic carbocycles. The molecule has 1 saturated heterocycles. The minimum atomic E-state index is -1.20. The molecule has 17 heteroatoms. The Morgan fingerprint density at radius 2 is 1.38 bits per heavy atom. The lowest BCUT2D eigenvalue weighted by Crippen LogP contribution is -2.37. The Hall–Kier alpha value is -6.12. The van der Waals surface area contributed by atoms with Crippen molar-refractivity contribution >= 4 is 93.3 Å². The van der Waals surface area contributed by atoms with Crippen LogP contribution in [0.5, 0.6) is 0 Å². The summed E-state index contributed by atoms with van der Waals surface area (Å²) in [5.41, 5.74) is 11.3. The zero-order valence-corrected chi connectivity index (χ0v) is 42.2. The number of methoxy groups -OCH3 is 1. The zero-order valence-electron chi connectivity index (χ0n) is 38.4. The van der Waals surface area contributed by atoms with E-state index < -0.39 is 33.3 Å². The summed E-state index contributed by atoms with van der Waals surface area (Å²) in [6.45, 7) is 6.86. The van der Waals surface area contributed by atoms with Crippen molar-refractivity contribution in [1.29, 1.82) is 0 Å². The van der Waals surface area contributed by atoms with Crippen molar-refractivity contribution in [2.45, 2.75) is 49.7 Å². The van der Waals surface area contributed by atoms with Gasteiger partial charge in [-0.3, -0.25) is 12.7 Å². The second-order valence-electron chi connectivity index (χ2n) is 16.4. The molecule has 3 unspecified atom stereocenters. The first kappa shape index (κ1) is 49.8. The molecule has 4 aromatic carbocycles. The fourth-order valence-electron chi connectivity index (χ4n) is 7.81. The van der Waals surface area contributed by atoms with Crippen LogP contribution in [0.25, 0.3) is 64.8 Å². The van der Waals surface area contributed by atoms with Gasteiger partial charge in [-0.15, -0.1) is 22.7 Å². The predicted molar refractivity (Wildman–Crippen MR) is 281 cm³/mol. The summed E-state index contributed by atoms with van der Waals surface area (Å²) < 4.78 is 17.4. The Labute approximate surface area is 413 Å². The van der Waals surface area contributed by atoms with Gasteiger partial charge in [0.1, 0.15) is 21.7 Å². The summed E-state index contributed by atoms with van der Waals surface area (Å²) in [4.78, 5) is 50.8. The number of likely N-dealkylation sites (N-methyl/N-ethyl adjacent to an activating group) is 1. The maximum Gasteiger partial charge on any atom is 0.407 e. The fraction of sp³-hybridized carbons (Fsp3) is 0.275. The van der Waals surface area contributed by atoms with E-state index in [0.29, 0.717) is 19.1 Å². The number of ether oxygens (including phenoxy) is 1. The van der Waals surface area contributed by atoms with E-state index in [1.807, 2.05) is 90.0 Å². The molecule has 1 fully saturated rings. The number of carbonyl (C=O) groups is 3. The number of halogens is 1. The molecule has 0 saturated carbocycles. The highest BCUT2D eigenvalue weighted by molar-refractivity contribution is 14.1. The lowest BCUT2D eigenvalue weighted by molar-refractivity contribution is -0.134. The molecule has 8 aromatic rings. The molecule has 3 atom stereocenters. The van der Waals surface area contributed by atoms with Gasteiger partial charge < -0.3 is 40.7 Å². The average molecular weight is 1070 g/mol. The Bertz CT molecular complexity index is 2960. The third kappa shape index (κ3) is 12.3. The van der Waals surface area contributed by atoms with Crippen LogP contribution < -0.4 is 16.0 Å². The van der Waals surface area contributed by atoms with E-state index in [-0.39, 0.29) is 21.9 Å².